The van der Waals surface area contributed by atoms with Gasteiger partial charge in [0.2, 0.25) is 0 Å². The molecule has 1 aromatic heterocycles. The van der Waals surface area contributed by atoms with E-state index >= 15 is 0 Å². The number of allylic oxidation sites excluding steroid dienone is 2. The maximum atomic E-state index is 12.9. The van der Waals surface area contributed by atoms with E-state index in [0.717, 1.165) is 11.3 Å². The van der Waals surface area contributed by atoms with Crippen molar-refractivity contribution in [1.82, 2.24) is 0 Å². The number of thiophene rings is 1. The normalized spacial score (nSPS) is 12.5. The molecule has 0 bridgehead atoms. The Bertz CT molecular complexity index is 583. The zero-order valence-electron chi connectivity index (χ0n) is 9.65. The third-order valence-electron chi connectivity index (χ3n) is 2.43. The molecular weight excluding hydrogens is 273 g/mol. The average molecular weight is 282 g/mol. The number of carbonyl (C=O) groups excluding carboxylic acids is 1. The lowest BCUT2D eigenvalue weighted by Crippen LogP contribution is -2.11. The first-order chi connectivity index (χ1) is 8.98. The molecule has 2 rings (SSSR count). The number of alkyl halides is 3. The van der Waals surface area contributed by atoms with Crippen molar-refractivity contribution in [3.63, 3.8) is 0 Å². The minimum absolute atomic E-state index is 0.0387. The minimum atomic E-state index is -4.55. The molecule has 0 aliphatic heterocycles. The van der Waals surface area contributed by atoms with Crippen LogP contribution >= 0.6 is 11.3 Å². The highest BCUT2D eigenvalue weighted by molar-refractivity contribution is 7.11. The minimum Gasteiger partial charge on any atom is -0.289 e. The average Bonchev–Trinajstić information content (AvgIpc) is 2.88. The second-order valence-corrected chi connectivity index (χ2v) is 4.71. The zero-order valence-corrected chi connectivity index (χ0v) is 10.5. The quantitative estimate of drug-likeness (QED) is 0.595. The molecule has 0 saturated heterocycles. The van der Waals surface area contributed by atoms with Gasteiger partial charge in [-0.25, -0.2) is 0 Å². The van der Waals surface area contributed by atoms with Crippen LogP contribution in [0, 0.1) is 0 Å². The van der Waals surface area contributed by atoms with Gasteiger partial charge in [0.05, 0.1) is 5.57 Å². The Hall–Kier alpha value is -1.88. The van der Waals surface area contributed by atoms with Gasteiger partial charge in [0.1, 0.15) is 0 Å². The van der Waals surface area contributed by atoms with Gasteiger partial charge in [0, 0.05) is 10.4 Å². The largest absolute Gasteiger partial charge is 0.417 e. The Labute approximate surface area is 112 Å². The van der Waals surface area contributed by atoms with Crippen LogP contribution in [0.1, 0.15) is 15.2 Å². The molecule has 0 atom stereocenters. The van der Waals surface area contributed by atoms with Crippen LogP contribution in [0.5, 0.6) is 0 Å². The van der Waals surface area contributed by atoms with Crippen LogP contribution in [0.4, 0.5) is 13.2 Å². The van der Waals surface area contributed by atoms with E-state index in [1.807, 2.05) is 0 Å². The Morgan fingerprint density at radius 3 is 2.26 bits per heavy atom. The number of rotatable bonds is 3. The van der Waals surface area contributed by atoms with Crippen LogP contribution in [0.25, 0.3) is 5.57 Å². The molecule has 0 N–H and O–H groups in total. The van der Waals surface area contributed by atoms with E-state index in [4.69, 9.17) is 0 Å². The second kappa shape index (κ2) is 5.40. The topological polar surface area (TPSA) is 17.1 Å². The summed E-state index contributed by atoms with van der Waals surface area (Å²) in [6.07, 6.45) is -3.89. The molecule has 0 spiro atoms. The van der Waals surface area contributed by atoms with Crippen LogP contribution in [-0.4, -0.2) is 12.0 Å². The maximum absolute atomic E-state index is 12.9. The summed E-state index contributed by atoms with van der Waals surface area (Å²) in [6.45, 7) is 0. The molecule has 5 heteroatoms. The molecule has 0 radical (unpaired) electrons. The number of carbonyl (C=O) groups is 1. The molecule has 0 saturated carbocycles. The number of ketones is 1. The van der Waals surface area contributed by atoms with Gasteiger partial charge in [-0.2, -0.15) is 13.2 Å². The lowest BCUT2D eigenvalue weighted by Gasteiger charge is -2.09. The molecule has 0 fully saturated rings. The summed E-state index contributed by atoms with van der Waals surface area (Å²) in [5, 5.41) is 1.54. The van der Waals surface area contributed by atoms with Crippen molar-refractivity contribution in [3.8, 4) is 0 Å². The molecule has 98 valence electrons. The van der Waals surface area contributed by atoms with Crippen molar-refractivity contribution in [2.75, 3.05) is 0 Å². The third kappa shape index (κ3) is 3.32. The number of benzene rings is 1. The van der Waals surface area contributed by atoms with E-state index in [9.17, 15) is 18.0 Å². The molecular formula is C14H9F3OS. The van der Waals surface area contributed by atoms with Crippen LogP contribution in [0.2, 0.25) is 0 Å². The Kier molecular flexibility index (Phi) is 3.85. The fourth-order valence-corrected chi connectivity index (χ4v) is 2.30. The van der Waals surface area contributed by atoms with Crippen LogP contribution in [-0.2, 0) is 0 Å². The molecule has 1 heterocycles. The van der Waals surface area contributed by atoms with E-state index in [1.54, 1.807) is 23.6 Å². The summed E-state index contributed by atoms with van der Waals surface area (Å²) in [5.74, 6) is -0.652. The first-order valence-electron chi connectivity index (χ1n) is 5.40. The van der Waals surface area contributed by atoms with Crippen LogP contribution in [0.3, 0.4) is 0 Å². The van der Waals surface area contributed by atoms with Gasteiger partial charge in [0.15, 0.2) is 5.78 Å². The molecule has 0 unspecified atom stereocenters. The highest BCUT2D eigenvalue weighted by Gasteiger charge is 2.35. The van der Waals surface area contributed by atoms with Gasteiger partial charge in [-0.15, -0.1) is 11.3 Å². The van der Waals surface area contributed by atoms with Crippen LogP contribution < -0.4 is 0 Å². The molecule has 19 heavy (non-hydrogen) atoms. The monoisotopic (exact) mass is 282 g/mol. The van der Waals surface area contributed by atoms with Gasteiger partial charge in [-0.1, -0.05) is 36.4 Å². The zero-order chi connectivity index (χ0) is 13.9. The summed E-state index contributed by atoms with van der Waals surface area (Å²) in [6, 6.07) is 10.8. The molecule has 1 nitrogen and oxygen atoms in total. The molecule has 2 aromatic rings. The van der Waals surface area contributed by atoms with Crippen molar-refractivity contribution in [2.45, 2.75) is 6.18 Å². The molecule has 1 aromatic carbocycles. The summed E-state index contributed by atoms with van der Waals surface area (Å²) in [4.78, 5) is 11.9. The first-order valence-corrected chi connectivity index (χ1v) is 6.28. The standard InChI is InChI=1S/C14H9F3OS/c15-14(16,17)11(13-7-4-8-19-13)9-12(18)10-5-2-1-3-6-10/h1-9H/b11-9+. The van der Waals surface area contributed by atoms with Crippen molar-refractivity contribution in [3.05, 3.63) is 64.4 Å². The van der Waals surface area contributed by atoms with Crippen LogP contribution in [0.15, 0.2) is 53.9 Å². The number of halogens is 3. The molecule has 0 aliphatic carbocycles. The summed E-state index contributed by atoms with van der Waals surface area (Å²) >= 11 is 0.955. The van der Waals surface area contributed by atoms with Crippen molar-refractivity contribution in [1.29, 1.82) is 0 Å². The van der Waals surface area contributed by atoms with E-state index in [-0.39, 0.29) is 10.4 Å². The lowest BCUT2D eigenvalue weighted by molar-refractivity contribution is -0.0687. The third-order valence-corrected chi connectivity index (χ3v) is 3.33. The van der Waals surface area contributed by atoms with Gasteiger partial charge in [0.25, 0.3) is 0 Å². The summed E-state index contributed by atoms with van der Waals surface area (Å²) in [5.41, 5.74) is -0.669. The number of hydrogen-bond acceptors (Lipinski definition) is 2. The second-order valence-electron chi connectivity index (χ2n) is 3.76. The fourth-order valence-electron chi connectivity index (χ4n) is 1.54. The van der Waals surface area contributed by atoms with Gasteiger partial charge in [-0.05, 0) is 17.5 Å². The van der Waals surface area contributed by atoms with Crippen molar-refractivity contribution in [2.24, 2.45) is 0 Å². The van der Waals surface area contributed by atoms with E-state index < -0.39 is 17.5 Å². The summed E-state index contributed by atoms with van der Waals surface area (Å²) < 4.78 is 38.8. The molecule has 0 amide bonds. The highest BCUT2D eigenvalue weighted by Crippen LogP contribution is 2.36. The van der Waals surface area contributed by atoms with Gasteiger partial charge >= 0.3 is 6.18 Å². The first kappa shape index (κ1) is 13.5. The Morgan fingerprint density at radius 1 is 1.05 bits per heavy atom. The van der Waals surface area contributed by atoms with E-state index in [0.29, 0.717) is 6.08 Å². The lowest BCUT2D eigenvalue weighted by atomic mass is 10.1. The van der Waals surface area contributed by atoms with Crippen molar-refractivity contribution >= 4 is 22.7 Å². The SMILES string of the molecule is O=C(/C=C(\c1cccs1)C(F)(F)F)c1ccccc1. The van der Waals surface area contributed by atoms with E-state index in [1.165, 1.54) is 24.3 Å². The van der Waals surface area contributed by atoms with Gasteiger partial charge in [-0.3, -0.25) is 4.79 Å². The highest BCUT2D eigenvalue weighted by atomic mass is 32.1. The van der Waals surface area contributed by atoms with E-state index in [2.05, 4.69) is 0 Å². The fraction of sp³-hybridized carbons (Fsp3) is 0.0714. The maximum Gasteiger partial charge on any atom is 0.417 e. The Morgan fingerprint density at radius 2 is 1.74 bits per heavy atom. The Balaban J connectivity index is 2.40. The van der Waals surface area contributed by atoms with Crippen molar-refractivity contribution < 1.29 is 18.0 Å². The predicted octanol–water partition coefficient (Wildman–Crippen LogP) is 4.58. The summed E-state index contributed by atoms with van der Waals surface area (Å²) in [7, 11) is 0. The van der Waals surface area contributed by atoms with Gasteiger partial charge < -0.3 is 0 Å². The molecule has 0 aliphatic rings. The smallest absolute Gasteiger partial charge is 0.289 e. The number of hydrogen-bond donors (Lipinski definition) is 0. The predicted molar refractivity (Wildman–Crippen MR) is 69.1 cm³/mol.